The molecule has 0 aliphatic carbocycles. The van der Waals surface area contributed by atoms with E-state index in [4.69, 9.17) is 4.74 Å². The van der Waals surface area contributed by atoms with Gasteiger partial charge in [0.05, 0.1) is 35.8 Å². The number of nitro benzene ring substituents is 1. The van der Waals surface area contributed by atoms with Crippen LogP contribution in [0.1, 0.15) is 5.69 Å². The Labute approximate surface area is 170 Å². The standard InChI is InChI=1S/C17H21N5O6S/c1-28-7-6-18-15(24)9-21-14(10-23)8-19-17(21)29-11-16(25)20-12-2-4-13(5-3-12)22(26)27/h2-5,8,23H,6-7,9-11H2,1H3,(H,18,24)(H,20,25). The number of aliphatic hydroxyl groups excluding tert-OH is 1. The van der Waals surface area contributed by atoms with Crippen LogP contribution in [0.4, 0.5) is 11.4 Å². The van der Waals surface area contributed by atoms with E-state index in [1.165, 1.54) is 42.1 Å². The molecule has 0 saturated heterocycles. The maximum atomic E-state index is 12.1. The summed E-state index contributed by atoms with van der Waals surface area (Å²) in [6.45, 7) is 0.394. The van der Waals surface area contributed by atoms with Gasteiger partial charge in [-0.2, -0.15) is 0 Å². The zero-order chi connectivity index (χ0) is 21.2. The number of benzene rings is 1. The van der Waals surface area contributed by atoms with Crippen LogP contribution < -0.4 is 10.6 Å². The number of carbonyl (C=O) groups is 2. The van der Waals surface area contributed by atoms with Crippen molar-refractivity contribution in [1.82, 2.24) is 14.9 Å². The third-order valence-corrected chi connectivity index (χ3v) is 4.68. The number of amides is 2. The fourth-order valence-corrected chi connectivity index (χ4v) is 3.09. The minimum Gasteiger partial charge on any atom is -0.390 e. The van der Waals surface area contributed by atoms with Gasteiger partial charge in [0.15, 0.2) is 5.16 Å². The van der Waals surface area contributed by atoms with E-state index in [2.05, 4.69) is 15.6 Å². The molecule has 1 aromatic carbocycles. The number of aromatic nitrogens is 2. The largest absolute Gasteiger partial charge is 0.390 e. The molecule has 0 bridgehead atoms. The molecule has 156 valence electrons. The van der Waals surface area contributed by atoms with Crippen molar-refractivity contribution in [3.05, 3.63) is 46.3 Å². The molecule has 11 nitrogen and oxygen atoms in total. The summed E-state index contributed by atoms with van der Waals surface area (Å²) >= 11 is 1.10. The molecule has 0 fully saturated rings. The van der Waals surface area contributed by atoms with Crippen molar-refractivity contribution in [3.63, 3.8) is 0 Å². The van der Waals surface area contributed by atoms with Crippen LogP contribution >= 0.6 is 11.8 Å². The monoisotopic (exact) mass is 423 g/mol. The highest BCUT2D eigenvalue weighted by molar-refractivity contribution is 7.99. The Bertz CT molecular complexity index is 854. The molecule has 2 aromatic rings. The van der Waals surface area contributed by atoms with Crippen LogP contribution in [-0.4, -0.2) is 57.4 Å². The minimum absolute atomic E-state index is 0.00413. The van der Waals surface area contributed by atoms with Crippen LogP contribution in [0.3, 0.4) is 0 Å². The molecule has 0 saturated carbocycles. The Morgan fingerprint density at radius 2 is 2.03 bits per heavy atom. The predicted molar refractivity (Wildman–Crippen MR) is 105 cm³/mol. The first-order valence-electron chi connectivity index (χ1n) is 8.52. The molecular weight excluding hydrogens is 402 g/mol. The van der Waals surface area contributed by atoms with Crippen LogP contribution in [0.25, 0.3) is 0 Å². The number of anilines is 1. The van der Waals surface area contributed by atoms with Crippen molar-refractivity contribution >= 4 is 35.0 Å². The van der Waals surface area contributed by atoms with Crippen molar-refractivity contribution in [2.24, 2.45) is 0 Å². The molecule has 2 rings (SSSR count). The predicted octanol–water partition coefficient (Wildman–Crippen LogP) is 0.777. The van der Waals surface area contributed by atoms with Crippen LogP contribution in [-0.2, 0) is 27.5 Å². The number of nitrogens with one attached hydrogen (secondary N) is 2. The number of nitro groups is 1. The van der Waals surface area contributed by atoms with Crippen molar-refractivity contribution in [1.29, 1.82) is 0 Å². The second-order valence-corrected chi connectivity index (χ2v) is 6.70. The first-order chi connectivity index (χ1) is 13.9. The smallest absolute Gasteiger partial charge is 0.269 e. The maximum absolute atomic E-state index is 12.1. The molecule has 0 atom stereocenters. The Hall–Kier alpha value is -2.96. The molecule has 0 unspecified atom stereocenters. The Morgan fingerprint density at radius 1 is 1.31 bits per heavy atom. The van der Waals surface area contributed by atoms with Gasteiger partial charge in [-0.1, -0.05) is 11.8 Å². The quantitative estimate of drug-likeness (QED) is 0.208. The van der Waals surface area contributed by atoms with E-state index in [1.54, 1.807) is 0 Å². The summed E-state index contributed by atoms with van der Waals surface area (Å²) in [6.07, 6.45) is 1.44. The molecule has 0 aliphatic heterocycles. The number of imidazole rings is 1. The van der Waals surface area contributed by atoms with Gasteiger partial charge in [-0.3, -0.25) is 19.7 Å². The summed E-state index contributed by atoms with van der Waals surface area (Å²) in [5, 5.41) is 25.8. The summed E-state index contributed by atoms with van der Waals surface area (Å²) in [7, 11) is 1.53. The van der Waals surface area contributed by atoms with E-state index in [1.807, 2.05) is 0 Å². The molecule has 12 heteroatoms. The summed E-state index contributed by atoms with van der Waals surface area (Å²) in [5.41, 5.74) is 0.808. The molecule has 2 amide bonds. The van der Waals surface area contributed by atoms with Gasteiger partial charge in [-0.25, -0.2) is 4.98 Å². The molecule has 29 heavy (non-hydrogen) atoms. The second-order valence-electron chi connectivity index (χ2n) is 5.76. The highest BCUT2D eigenvalue weighted by Gasteiger charge is 2.15. The van der Waals surface area contributed by atoms with E-state index in [0.29, 0.717) is 29.7 Å². The number of nitrogens with zero attached hydrogens (tertiary/aromatic N) is 3. The second kappa shape index (κ2) is 11.1. The maximum Gasteiger partial charge on any atom is 0.269 e. The third-order valence-electron chi connectivity index (χ3n) is 3.69. The normalized spacial score (nSPS) is 10.6. The van der Waals surface area contributed by atoms with Crippen LogP contribution in [0.5, 0.6) is 0 Å². The number of carbonyl (C=O) groups excluding carboxylic acids is 2. The van der Waals surface area contributed by atoms with Crippen molar-refractivity contribution in [2.45, 2.75) is 18.3 Å². The zero-order valence-electron chi connectivity index (χ0n) is 15.7. The molecular formula is C17H21N5O6S. The lowest BCUT2D eigenvalue weighted by Crippen LogP contribution is -2.31. The first-order valence-corrected chi connectivity index (χ1v) is 9.51. The van der Waals surface area contributed by atoms with Gasteiger partial charge in [0, 0.05) is 31.5 Å². The van der Waals surface area contributed by atoms with Crippen LogP contribution in [0.2, 0.25) is 0 Å². The van der Waals surface area contributed by atoms with E-state index in [9.17, 15) is 24.8 Å². The van der Waals surface area contributed by atoms with Crippen LogP contribution in [0.15, 0.2) is 35.6 Å². The average Bonchev–Trinajstić information content (AvgIpc) is 3.08. The minimum atomic E-state index is -0.522. The molecule has 3 N–H and O–H groups in total. The number of hydrogen-bond acceptors (Lipinski definition) is 8. The lowest BCUT2D eigenvalue weighted by atomic mass is 10.3. The number of rotatable bonds is 11. The fraction of sp³-hybridized carbons (Fsp3) is 0.353. The summed E-state index contributed by atoms with van der Waals surface area (Å²) in [5.74, 6) is -0.607. The fourth-order valence-electron chi connectivity index (χ4n) is 2.29. The van der Waals surface area contributed by atoms with Crippen LogP contribution in [0, 0.1) is 10.1 Å². The number of hydrogen-bond donors (Lipinski definition) is 3. The Balaban J connectivity index is 1.93. The van der Waals surface area contributed by atoms with E-state index >= 15 is 0 Å². The number of aliphatic hydroxyl groups is 1. The van der Waals surface area contributed by atoms with Gasteiger partial charge in [0.25, 0.3) is 5.69 Å². The Morgan fingerprint density at radius 3 is 2.66 bits per heavy atom. The van der Waals surface area contributed by atoms with Gasteiger partial charge >= 0.3 is 0 Å². The van der Waals surface area contributed by atoms with Gasteiger partial charge in [0.2, 0.25) is 11.8 Å². The van der Waals surface area contributed by atoms with Gasteiger partial charge in [-0.05, 0) is 12.1 Å². The van der Waals surface area contributed by atoms with E-state index in [-0.39, 0.29) is 36.4 Å². The summed E-state index contributed by atoms with van der Waals surface area (Å²) in [6, 6.07) is 5.47. The lowest BCUT2D eigenvalue weighted by molar-refractivity contribution is -0.384. The number of methoxy groups -OCH3 is 1. The van der Waals surface area contributed by atoms with E-state index < -0.39 is 4.92 Å². The molecule has 0 radical (unpaired) electrons. The first kappa shape index (κ1) is 22.3. The Kier molecular flexibility index (Phi) is 8.58. The number of non-ortho nitro benzene ring substituents is 1. The number of ether oxygens (including phenoxy) is 1. The third kappa shape index (κ3) is 6.85. The SMILES string of the molecule is COCCNC(=O)Cn1c(CO)cnc1SCC(=O)Nc1ccc([N+](=O)[O-])cc1. The average molecular weight is 423 g/mol. The molecule has 1 aromatic heterocycles. The van der Waals surface area contributed by atoms with Gasteiger partial charge in [0.1, 0.15) is 6.54 Å². The molecule has 0 spiro atoms. The highest BCUT2D eigenvalue weighted by atomic mass is 32.2. The lowest BCUT2D eigenvalue weighted by Gasteiger charge is -2.11. The molecule has 0 aliphatic rings. The van der Waals surface area contributed by atoms with Gasteiger partial charge in [-0.15, -0.1) is 0 Å². The summed E-state index contributed by atoms with van der Waals surface area (Å²) in [4.78, 5) is 38.5. The zero-order valence-corrected chi connectivity index (χ0v) is 16.5. The molecule has 1 heterocycles. The topological polar surface area (TPSA) is 149 Å². The van der Waals surface area contributed by atoms with E-state index in [0.717, 1.165) is 11.8 Å². The highest BCUT2D eigenvalue weighted by Crippen LogP contribution is 2.20. The van der Waals surface area contributed by atoms with Crippen molar-refractivity contribution in [3.8, 4) is 0 Å². The summed E-state index contributed by atoms with van der Waals surface area (Å²) < 4.78 is 6.41. The number of thioether (sulfide) groups is 1. The van der Waals surface area contributed by atoms with Crippen molar-refractivity contribution in [2.75, 3.05) is 31.3 Å². The van der Waals surface area contributed by atoms with Gasteiger partial charge < -0.3 is 25.0 Å². The van der Waals surface area contributed by atoms with Crippen molar-refractivity contribution < 1.29 is 24.4 Å².